The van der Waals surface area contributed by atoms with E-state index < -0.39 is 0 Å². The molecule has 0 saturated carbocycles. The number of hydrogen-bond acceptors (Lipinski definition) is 3. The van der Waals surface area contributed by atoms with Crippen molar-refractivity contribution in [1.82, 2.24) is 0 Å². The molecule has 1 unspecified atom stereocenters. The second-order valence-electron chi connectivity index (χ2n) is 7.88. The smallest absolute Gasteiger partial charge is 0.225 e. The Morgan fingerprint density at radius 2 is 1.84 bits per heavy atom. The van der Waals surface area contributed by atoms with Crippen LogP contribution in [0.15, 0.2) is 78.9 Å². The van der Waals surface area contributed by atoms with Crippen LogP contribution in [0.3, 0.4) is 0 Å². The Kier molecular flexibility index (Phi) is 5.46. The fourth-order valence-corrected chi connectivity index (χ4v) is 4.57. The number of fused-ring (bicyclic) bond motifs is 3. The molecule has 0 fully saturated rings. The summed E-state index contributed by atoms with van der Waals surface area (Å²) in [7, 11) is 1.63. The van der Waals surface area contributed by atoms with Crippen molar-refractivity contribution in [2.75, 3.05) is 12.4 Å². The maximum Gasteiger partial charge on any atom is 0.225 e. The molecule has 1 heterocycles. The Hall–Kier alpha value is -3.50. The van der Waals surface area contributed by atoms with Gasteiger partial charge in [-0.2, -0.15) is 0 Å². The monoisotopic (exact) mass is 443 g/mol. The zero-order chi connectivity index (χ0) is 22.1. The lowest BCUT2D eigenvalue weighted by Crippen LogP contribution is -2.23. The van der Waals surface area contributed by atoms with Crippen LogP contribution in [0.2, 0.25) is 5.02 Å². The lowest BCUT2D eigenvalue weighted by Gasteiger charge is -2.28. The van der Waals surface area contributed by atoms with Gasteiger partial charge in [0.15, 0.2) is 11.5 Å². The van der Waals surface area contributed by atoms with Gasteiger partial charge in [-0.25, -0.2) is 0 Å². The van der Waals surface area contributed by atoms with Crippen molar-refractivity contribution < 1.29 is 14.3 Å². The van der Waals surface area contributed by atoms with Crippen LogP contribution >= 0.6 is 11.6 Å². The topological polar surface area (TPSA) is 47.6 Å². The van der Waals surface area contributed by atoms with Crippen molar-refractivity contribution in [2.45, 2.75) is 18.9 Å². The Labute approximate surface area is 191 Å². The van der Waals surface area contributed by atoms with Gasteiger partial charge in [-0.15, -0.1) is 0 Å². The first-order valence-electron chi connectivity index (χ1n) is 10.5. The number of benzene rings is 4. The fraction of sp³-hybridized carbons (Fsp3) is 0.148. The summed E-state index contributed by atoms with van der Waals surface area (Å²) in [5.41, 5.74) is 4.00. The SMILES string of the molecule is COc1cc(C2CC(=O)Nc3ccc4ccccc4c32)ccc1OCc1cccc(Cl)c1. The van der Waals surface area contributed by atoms with Gasteiger partial charge in [0.2, 0.25) is 5.91 Å². The largest absolute Gasteiger partial charge is 0.493 e. The van der Waals surface area contributed by atoms with Crippen molar-refractivity contribution in [3.05, 3.63) is 101 Å². The van der Waals surface area contributed by atoms with E-state index in [1.54, 1.807) is 7.11 Å². The zero-order valence-corrected chi connectivity index (χ0v) is 18.4. The molecule has 32 heavy (non-hydrogen) atoms. The maximum absolute atomic E-state index is 12.5. The Balaban J connectivity index is 1.50. The van der Waals surface area contributed by atoms with E-state index in [2.05, 4.69) is 17.4 Å². The van der Waals surface area contributed by atoms with Crippen molar-refractivity contribution >= 4 is 34.0 Å². The van der Waals surface area contributed by atoms with Gasteiger partial charge >= 0.3 is 0 Å². The molecule has 4 aromatic carbocycles. The first kappa shape index (κ1) is 20.4. The molecule has 0 aromatic heterocycles. The van der Waals surface area contributed by atoms with E-state index in [0.717, 1.165) is 33.2 Å². The van der Waals surface area contributed by atoms with Gasteiger partial charge in [0, 0.05) is 23.0 Å². The van der Waals surface area contributed by atoms with Gasteiger partial charge in [-0.05, 0) is 57.8 Å². The average Bonchev–Trinajstić information content (AvgIpc) is 2.82. The third-order valence-corrected chi connectivity index (χ3v) is 6.09. The van der Waals surface area contributed by atoms with Crippen LogP contribution in [0.1, 0.15) is 29.0 Å². The Bertz CT molecular complexity index is 1320. The second-order valence-corrected chi connectivity index (χ2v) is 8.32. The van der Waals surface area contributed by atoms with E-state index in [4.69, 9.17) is 21.1 Å². The third-order valence-electron chi connectivity index (χ3n) is 5.86. The van der Waals surface area contributed by atoms with Crippen molar-refractivity contribution in [3.63, 3.8) is 0 Å². The van der Waals surface area contributed by atoms with Gasteiger partial charge in [-0.3, -0.25) is 4.79 Å². The number of amides is 1. The van der Waals surface area contributed by atoms with Crippen LogP contribution in [0.4, 0.5) is 5.69 Å². The third kappa shape index (κ3) is 3.90. The normalized spacial score (nSPS) is 15.2. The molecule has 160 valence electrons. The first-order valence-corrected chi connectivity index (χ1v) is 10.9. The molecule has 1 aliphatic rings. The van der Waals surface area contributed by atoms with E-state index in [1.165, 1.54) is 0 Å². The molecule has 0 radical (unpaired) electrons. The molecule has 1 atom stereocenters. The number of halogens is 1. The van der Waals surface area contributed by atoms with Gasteiger partial charge in [0.1, 0.15) is 6.61 Å². The van der Waals surface area contributed by atoms with Crippen LogP contribution in [0.5, 0.6) is 11.5 Å². The number of hydrogen-bond donors (Lipinski definition) is 1. The molecule has 0 aliphatic carbocycles. The highest BCUT2D eigenvalue weighted by Crippen LogP contribution is 2.43. The quantitative estimate of drug-likeness (QED) is 0.380. The molecule has 4 aromatic rings. The summed E-state index contributed by atoms with van der Waals surface area (Å²) in [4.78, 5) is 12.5. The number of ether oxygens (including phenoxy) is 2. The van der Waals surface area contributed by atoms with Crippen LogP contribution in [-0.4, -0.2) is 13.0 Å². The molecule has 1 amide bonds. The average molecular weight is 444 g/mol. The molecule has 4 nitrogen and oxygen atoms in total. The van der Waals surface area contributed by atoms with Crippen molar-refractivity contribution in [2.24, 2.45) is 0 Å². The molecule has 0 bridgehead atoms. The molecule has 5 heteroatoms. The van der Waals surface area contributed by atoms with Crippen LogP contribution in [-0.2, 0) is 11.4 Å². The number of carbonyl (C=O) groups is 1. The minimum Gasteiger partial charge on any atom is -0.493 e. The van der Waals surface area contributed by atoms with Gasteiger partial charge < -0.3 is 14.8 Å². The summed E-state index contributed by atoms with van der Waals surface area (Å²) >= 11 is 6.07. The van der Waals surface area contributed by atoms with Crippen LogP contribution in [0.25, 0.3) is 10.8 Å². The van der Waals surface area contributed by atoms with E-state index in [-0.39, 0.29) is 11.8 Å². The predicted molar refractivity (Wildman–Crippen MR) is 128 cm³/mol. The Morgan fingerprint density at radius 3 is 2.69 bits per heavy atom. The minimum atomic E-state index is -0.0688. The number of nitrogens with one attached hydrogen (secondary N) is 1. The van der Waals surface area contributed by atoms with Crippen LogP contribution < -0.4 is 14.8 Å². The van der Waals surface area contributed by atoms with Gasteiger partial charge in [0.05, 0.1) is 7.11 Å². The molecule has 0 saturated heterocycles. The molecule has 0 spiro atoms. The molecule has 5 rings (SSSR count). The summed E-state index contributed by atoms with van der Waals surface area (Å²) in [6.45, 7) is 0.384. The Morgan fingerprint density at radius 1 is 0.969 bits per heavy atom. The molecular weight excluding hydrogens is 422 g/mol. The molecule has 1 aliphatic heterocycles. The molecular formula is C27H22ClNO3. The minimum absolute atomic E-state index is 0.0121. The number of methoxy groups -OCH3 is 1. The maximum atomic E-state index is 12.5. The van der Waals surface area contributed by atoms with E-state index in [0.29, 0.717) is 29.5 Å². The zero-order valence-electron chi connectivity index (χ0n) is 17.6. The summed E-state index contributed by atoms with van der Waals surface area (Å²) in [5.74, 6) is 1.23. The number of carbonyl (C=O) groups excluding carboxylic acids is 1. The fourth-order valence-electron chi connectivity index (χ4n) is 4.36. The lowest BCUT2D eigenvalue weighted by molar-refractivity contribution is -0.116. The lowest BCUT2D eigenvalue weighted by atomic mass is 9.82. The van der Waals surface area contributed by atoms with E-state index >= 15 is 0 Å². The highest BCUT2D eigenvalue weighted by Gasteiger charge is 2.29. The summed E-state index contributed by atoms with van der Waals surface area (Å²) < 4.78 is 11.6. The first-order chi connectivity index (χ1) is 15.6. The summed E-state index contributed by atoms with van der Waals surface area (Å²) in [5, 5.41) is 6.01. The number of anilines is 1. The highest BCUT2D eigenvalue weighted by atomic mass is 35.5. The molecule has 1 N–H and O–H groups in total. The standard InChI is InChI=1S/C27H22ClNO3/c1-31-25-14-19(10-12-24(25)32-16-17-5-4-7-20(28)13-17)22-15-26(30)29-23-11-9-18-6-2-3-8-21(18)27(22)23/h2-14,22H,15-16H2,1H3,(H,29,30). The van der Waals surface area contributed by atoms with Crippen molar-refractivity contribution in [1.29, 1.82) is 0 Å². The second kappa shape index (κ2) is 8.56. The van der Waals surface area contributed by atoms with E-state index in [1.807, 2.05) is 66.7 Å². The van der Waals surface area contributed by atoms with Gasteiger partial charge in [0.25, 0.3) is 0 Å². The van der Waals surface area contributed by atoms with Gasteiger partial charge in [-0.1, -0.05) is 60.1 Å². The van der Waals surface area contributed by atoms with Crippen LogP contribution in [0, 0.1) is 0 Å². The summed E-state index contributed by atoms with van der Waals surface area (Å²) in [6, 6.07) is 25.8. The summed E-state index contributed by atoms with van der Waals surface area (Å²) in [6.07, 6.45) is 0.382. The number of rotatable bonds is 5. The van der Waals surface area contributed by atoms with E-state index in [9.17, 15) is 4.79 Å². The highest BCUT2D eigenvalue weighted by molar-refractivity contribution is 6.30. The predicted octanol–water partition coefficient (Wildman–Crippen LogP) is 6.55. The van der Waals surface area contributed by atoms with Crippen molar-refractivity contribution in [3.8, 4) is 11.5 Å².